The molecular formula is C15H19N3O3. The molecule has 6 heteroatoms. The van der Waals surface area contributed by atoms with Gasteiger partial charge in [-0.05, 0) is 31.4 Å². The van der Waals surface area contributed by atoms with E-state index in [2.05, 4.69) is 17.1 Å². The third-order valence-electron chi connectivity index (χ3n) is 3.75. The van der Waals surface area contributed by atoms with Crippen LogP contribution in [0.15, 0.2) is 27.3 Å². The number of nitrogens with zero attached hydrogens (tertiary/aromatic N) is 3. The Labute approximate surface area is 123 Å². The molecule has 1 amide bonds. The van der Waals surface area contributed by atoms with Gasteiger partial charge in [-0.2, -0.15) is 4.98 Å². The number of piperidine rings is 1. The molecule has 0 spiro atoms. The molecule has 3 rings (SSSR count). The number of furan rings is 1. The monoisotopic (exact) mass is 289 g/mol. The Morgan fingerprint density at radius 1 is 1.52 bits per heavy atom. The van der Waals surface area contributed by atoms with Crippen molar-refractivity contribution >= 4 is 5.91 Å². The highest BCUT2D eigenvalue weighted by Gasteiger charge is 2.29. The molecule has 0 aliphatic carbocycles. The van der Waals surface area contributed by atoms with Crippen LogP contribution in [0, 0.1) is 0 Å². The predicted molar refractivity (Wildman–Crippen MR) is 74.9 cm³/mol. The van der Waals surface area contributed by atoms with Gasteiger partial charge in [-0.3, -0.25) is 4.79 Å². The molecule has 1 fully saturated rings. The van der Waals surface area contributed by atoms with Crippen LogP contribution in [0.3, 0.4) is 0 Å². The molecule has 0 aromatic carbocycles. The summed E-state index contributed by atoms with van der Waals surface area (Å²) >= 11 is 0. The maximum atomic E-state index is 12.3. The predicted octanol–water partition coefficient (Wildman–Crippen LogP) is 2.63. The number of carbonyl (C=O) groups excluding carboxylic acids is 1. The first-order chi connectivity index (χ1) is 10.3. The molecule has 0 saturated carbocycles. The number of aryl methyl sites for hydroxylation is 1. The van der Waals surface area contributed by atoms with Gasteiger partial charge in [-0.25, -0.2) is 0 Å². The first-order valence-corrected chi connectivity index (χ1v) is 7.43. The van der Waals surface area contributed by atoms with E-state index in [1.165, 1.54) is 6.26 Å². The summed E-state index contributed by atoms with van der Waals surface area (Å²) in [6, 6.07) is 3.42. The highest BCUT2D eigenvalue weighted by molar-refractivity contribution is 5.91. The van der Waals surface area contributed by atoms with Gasteiger partial charge in [0.05, 0.1) is 12.2 Å². The van der Waals surface area contributed by atoms with Crippen molar-refractivity contribution in [1.82, 2.24) is 15.0 Å². The summed E-state index contributed by atoms with van der Waals surface area (Å²) in [6.45, 7) is 3.43. The zero-order chi connectivity index (χ0) is 14.7. The average Bonchev–Trinajstić information content (AvgIpc) is 3.18. The van der Waals surface area contributed by atoms with Crippen LogP contribution in [-0.2, 0) is 6.42 Å². The molecule has 0 bridgehead atoms. The molecule has 2 aromatic rings. The molecule has 0 radical (unpaired) electrons. The summed E-state index contributed by atoms with van der Waals surface area (Å²) < 4.78 is 10.5. The quantitative estimate of drug-likeness (QED) is 0.865. The van der Waals surface area contributed by atoms with Crippen molar-refractivity contribution in [3.8, 4) is 0 Å². The molecule has 21 heavy (non-hydrogen) atoms. The Balaban J connectivity index is 1.69. The largest absolute Gasteiger partial charge is 0.459 e. The van der Waals surface area contributed by atoms with Crippen LogP contribution in [0.2, 0.25) is 0 Å². The third kappa shape index (κ3) is 2.99. The van der Waals surface area contributed by atoms with Gasteiger partial charge in [0.2, 0.25) is 5.89 Å². The van der Waals surface area contributed by atoms with Crippen molar-refractivity contribution in [3.63, 3.8) is 0 Å². The van der Waals surface area contributed by atoms with E-state index in [1.54, 1.807) is 17.0 Å². The summed E-state index contributed by atoms with van der Waals surface area (Å²) in [7, 11) is 0. The number of carbonyl (C=O) groups is 1. The van der Waals surface area contributed by atoms with Gasteiger partial charge in [-0.15, -0.1) is 0 Å². The molecule has 3 heterocycles. The zero-order valence-electron chi connectivity index (χ0n) is 12.1. The van der Waals surface area contributed by atoms with E-state index in [-0.39, 0.29) is 11.8 Å². The third-order valence-corrected chi connectivity index (χ3v) is 3.75. The summed E-state index contributed by atoms with van der Waals surface area (Å²) in [5.74, 6) is 1.83. The van der Waals surface area contributed by atoms with Gasteiger partial charge in [0, 0.05) is 19.5 Å². The Bertz CT molecular complexity index is 591. The Morgan fingerprint density at radius 3 is 3.19 bits per heavy atom. The van der Waals surface area contributed by atoms with E-state index >= 15 is 0 Å². The number of likely N-dealkylation sites (tertiary alicyclic amines) is 1. The van der Waals surface area contributed by atoms with Gasteiger partial charge in [0.1, 0.15) is 0 Å². The molecular weight excluding hydrogens is 270 g/mol. The van der Waals surface area contributed by atoms with Gasteiger partial charge < -0.3 is 13.8 Å². The minimum Gasteiger partial charge on any atom is -0.459 e. The van der Waals surface area contributed by atoms with Gasteiger partial charge >= 0.3 is 0 Å². The molecule has 1 aliphatic heterocycles. The van der Waals surface area contributed by atoms with Crippen LogP contribution >= 0.6 is 0 Å². The standard InChI is InChI=1S/C15H19N3O3/c1-2-5-13-16-14(21-17-13)11-6-3-8-18(10-11)15(19)12-7-4-9-20-12/h4,7,9,11H,2-3,5-6,8,10H2,1H3. The minimum absolute atomic E-state index is 0.0713. The lowest BCUT2D eigenvalue weighted by Gasteiger charge is -2.30. The number of hydrogen-bond donors (Lipinski definition) is 0. The maximum absolute atomic E-state index is 12.3. The molecule has 1 saturated heterocycles. The summed E-state index contributed by atoms with van der Waals surface area (Å²) in [4.78, 5) is 18.6. The van der Waals surface area contributed by atoms with Crippen LogP contribution in [0.4, 0.5) is 0 Å². The summed E-state index contributed by atoms with van der Waals surface area (Å²) in [5.41, 5.74) is 0. The van der Waals surface area contributed by atoms with E-state index in [4.69, 9.17) is 8.94 Å². The number of hydrogen-bond acceptors (Lipinski definition) is 5. The molecule has 2 aromatic heterocycles. The highest BCUT2D eigenvalue weighted by Crippen LogP contribution is 2.26. The minimum atomic E-state index is -0.0713. The van der Waals surface area contributed by atoms with Crippen molar-refractivity contribution in [3.05, 3.63) is 35.9 Å². The van der Waals surface area contributed by atoms with Crippen LogP contribution in [0.1, 0.15) is 54.4 Å². The lowest BCUT2D eigenvalue weighted by molar-refractivity contribution is 0.0663. The first-order valence-electron chi connectivity index (χ1n) is 7.43. The average molecular weight is 289 g/mol. The number of rotatable bonds is 4. The molecule has 6 nitrogen and oxygen atoms in total. The molecule has 112 valence electrons. The fourth-order valence-electron chi connectivity index (χ4n) is 2.68. The second-order valence-corrected chi connectivity index (χ2v) is 5.37. The maximum Gasteiger partial charge on any atom is 0.289 e. The van der Waals surface area contributed by atoms with Crippen molar-refractivity contribution in [2.45, 2.75) is 38.5 Å². The lowest BCUT2D eigenvalue weighted by Crippen LogP contribution is -2.39. The van der Waals surface area contributed by atoms with Crippen molar-refractivity contribution < 1.29 is 13.7 Å². The lowest BCUT2D eigenvalue weighted by atomic mass is 9.98. The van der Waals surface area contributed by atoms with Crippen LogP contribution < -0.4 is 0 Å². The summed E-state index contributed by atoms with van der Waals surface area (Å²) in [5, 5.41) is 3.99. The SMILES string of the molecule is CCCc1noc(C2CCCN(C(=O)c3ccco3)C2)n1. The van der Waals surface area contributed by atoms with Gasteiger partial charge in [-0.1, -0.05) is 12.1 Å². The van der Waals surface area contributed by atoms with E-state index < -0.39 is 0 Å². The van der Waals surface area contributed by atoms with Crippen LogP contribution in [-0.4, -0.2) is 34.0 Å². The summed E-state index contributed by atoms with van der Waals surface area (Å²) in [6.07, 6.45) is 5.24. The fourth-order valence-corrected chi connectivity index (χ4v) is 2.68. The van der Waals surface area contributed by atoms with E-state index in [0.29, 0.717) is 18.2 Å². The van der Waals surface area contributed by atoms with Crippen molar-refractivity contribution in [2.24, 2.45) is 0 Å². The topological polar surface area (TPSA) is 72.4 Å². The van der Waals surface area contributed by atoms with Crippen molar-refractivity contribution in [2.75, 3.05) is 13.1 Å². The number of aromatic nitrogens is 2. The second kappa shape index (κ2) is 6.11. The molecule has 0 N–H and O–H groups in total. The Morgan fingerprint density at radius 2 is 2.43 bits per heavy atom. The number of amides is 1. The van der Waals surface area contributed by atoms with Gasteiger partial charge in [0.25, 0.3) is 5.91 Å². The van der Waals surface area contributed by atoms with E-state index in [9.17, 15) is 4.79 Å². The Kier molecular flexibility index (Phi) is 4.03. The van der Waals surface area contributed by atoms with E-state index in [1.807, 2.05) is 0 Å². The zero-order valence-corrected chi connectivity index (χ0v) is 12.1. The van der Waals surface area contributed by atoms with Crippen LogP contribution in [0.25, 0.3) is 0 Å². The second-order valence-electron chi connectivity index (χ2n) is 5.37. The first kappa shape index (κ1) is 13.9. The molecule has 1 aliphatic rings. The highest BCUT2D eigenvalue weighted by atomic mass is 16.5. The van der Waals surface area contributed by atoms with Crippen molar-refractivity contribution in [1.29, 1.82) is 0 Å². The molecule has 1 unspecified atom stereocenters. The molecule has 1 atom stereocenters. The smallest absolute Gasteiger partial charge is 0.289 e. The van der Waals surface area contributed by atoms with E-state index in [0.717, 1.165) is 38.1 Å². The van der Waals surface area contributed by atoms with Crippen LogP contribution in [0.5, 0.6) is 0 Å². The Hall–Kier alpha value is -2.11. The fraction of sp³-hybridized carbons (Fsp3) is 0.533. The normalized spacial score (nSPS) is 18.9. The van der Waals surface area contributed by atoms with Gasteiger partial charge in [0.15, 0.2) is 11.6 Å².